The summed E-state index contributed by atoms with van der Waals surface area (Å²) in [6, 6.07) is 20.0. The molecule has 0 N–H and O–H groups in total. The average Bonchev–Trinajstić information content (AvgIpc) is 3.55. The van der Waals surface area contributed by atoms with E-state index in [2.05, 4.69) is 58.5 Å². The minimum atomic E-state index is -0.113. The zero-order valence-corrected chi connectivity index (χ0v) is 21.0. The van der Waals surface area contributed by atoms with Gasteiger partial charge in [0.1, 0.15) is 36.7 Å². The molecule has 0 unspecified atom stereocenters. The number of hydrogen-bond donors (Lipinski definition) is 0. The van der Waals surface area contributed by atoms with Gasteiger partial charge in [-0.3, -0.25) is 0 Å². The second kappa shape index (κ2) is 9.97. The van der Waals surface area contributed by atoms with Crippen LogP contribution in [0.3, 0.4) is 0 Å². The minimum absolute atomic E-state index is 0.105. The fraction of sp³-hybridized carbons (Fsp3) is 0.226. The maximum atomic E-state index is 6.04. The van der Waals surface area contributed by atoms with Gasteiger partial charge in [0.05, 0.1) is 0 Å². The predicted molar refractivity (Wildman–Crippen MR) is 146 cm³/mol. The molecule has 2 atom stereocenters. The van der Waals surface area contributed by atoms with Gasteiger partial charge in [-0.05, 0) is 66.8 Å². The second-order valence-electron chi connectivity index (χ2n) is 9.34. The van der Waals surface area contributed by atoms with Crippen LogP contribution in [0.1, 0.15) is 46.4 Å². The largest absolute Gasteiger partial charge is 0.474 e. The van der Waals surface area contributed by atoms with Crippen LogP contribution in [0.15, 0.2) is 101 Å². The van der Waals surface area contributed by atoms with Gasteiger partial charge >= 0.3 is 0 Å². The van der Waals surface area contributed by atoms with E-state index in [9.17, 15) is 0 Å². The number of nitrogens with zero attached hydrogens (tertiary/aromatic N) is 4. The number of allylic oxidation sites excluding steroid dienone is 4. The molecule has 0 spiro atoms. The zero-order valence-electron chi connectivity index (χ0n) is 21.0. The highest BCUT2D eigenvalue weighted by molar-refractivity contribution is 5.95. The minimum Gasteiger partial charge on any atom is -0.474 e. The van der Waals surface area contributed by atoms with E-state index in [4.69, 9.17) is 19.5 Å². The summed E-state index contributed by atoms with van der Waals surface area (Å²) in [5, 5.41) is 0. The van der Waals surface area contributed by atoms with E-state index >= 15 is 0 Å². The monoisotopic (exact) mass is 488 g/mol. The summed E-state index contributed by atoms with van der Waals surface area (Å²) in [7, 11) is 0. The Labute approximate surface area is 216 Å². The van der Waals surface area contributed by atoms with E-state index in [0.717, 1.165) is 51.5 Å². The lowest BCUT2D eigenvalue weighted by atomic mass is 9.88. The first-order valence-electron chi connectivity index (χ1n) is 12.6. The van der Waals surface area contributed by atoms with E-state index < -0.39 is 0 Å². The van der Waals surface area contributed by atoms with Crippen molar-refractivity contribution in [1.82, 2.24) is 9.97 Å². The van der Waals surface area contributed by atoms with Gasteiger partial charge in [-0.15, -0.1) is 0 Å². The predicted octanol–water partition coefficient (Wildman–Crippen LogP) is 5.73. The number of rotatable bonds is 5. The van der Waals surface area contributed by atoms with Crippen molar-refractivity contribution in [2.75, 3.05) is 13.2 Å². The molecule has 2 aliphatic heterocycles. The van der Waals surface area contributed by atoms with Crippen molar-refractivity contribution in [3.8, 4) is 0 Å². The molecule has 3 aromatic rings. The number of pyridine rings is 2. The fourth-order valence-corrected chi connectivity index (χ4v) is 4.91. The maximum Gasteiger partial charge on any atom is 0.236 e. The summed E-state index contributed by atoms with van der Waals surface area (Å²) in [6.45, 7) is 4.92. The summed E-state index contributed by atoms with van der Waals surface area (Å²) < 4.78 is 12.1. The highest BCUT2D eigenvalue weighted by atomic mass is 16.5. The van der Waals surface area contributed by atoms with Crippen LogP contribution in [0.25, 0.3) is 5.57 Å². The molecule has 1 aliphatic carbocycles. The Balaban J connectivity index is 1.34. The summed E-state index contributed by atoms with van der Waals surface area (Å²) in [5.74, 6) is 1.20. The van der Waals surface area contributed by atoms with Crippen molar-refractivity contribution in [2.24, 2.45) is 9.98 Å². The number of ether oxygens (including phenoxy) is 2. The van der Waals surface area contributed by atoms with E-state index in [-0.39, 0.29) is 12.1 Å². The van der Waals surface area contributed by atoms with Gasteiger partial charge in [0.15, 0.2) is 0 Å². The maximum absolute atomic E-state index is 6.04. The SMILES string of the molecule is Cc1cccc(C2=N[C@@H](C3=CCC=CC=C3c3ccccc3[C@H]3COC(c4cccc(C)n4)=N3)CO2)n1. The van der Waals surface area contributed by atoms with Crippen molar-refractivity contribution in [3.63, 3.8) is 0 Å². The molecule has 0 saturated carbocycles. The molecule has 0 radical (unpaired) electrons. The van der Waals surface area contributed by atoms with Crippen LogP contribution in [0.2, 0.25) is 0 Å². The number of aryl methyl sites for hydroxylation is 2. The van der Waals surface area contributed by atoms with Gasteiger partial charge in [0.25, 0.3) is 0 Å². The van der Waals surface area contributed by atoms with Crippen molar-refractivity contribution in [2.45, 2.75) is 32.4 Å². The molecule has 6 rings (SSSR count). The third kappa shape index (κ3) is 4.75. The van der Waals surface area contributed by atoms with Crippen LogP contribution in [0, 0.1) is 13.8 Å². The molecule has 1 aromatic carbocycles. The molecular weight excluding hydrogens is 460 g/mol. The Morgan fingerprint density at radius 1 is 0.730 bits per heavy atom. The van der Waals surface area contributed by atoms with Crippen LogP contribution in [-0.4, -0.2) is 41.0 Å². The third-order valence-electron chi connectivity index (χ3n) is 6.67. The van der Waals surface area contributed by atoms with E-state index in [1.54, 1.807) is 0 Å². The van der Waals surface area contributed by atoms with E-state index in [1.807, 2.05) is 50.2 Å². The van der Waals surface area contributed by atoms with Gasteiger partial charge in [-0.2, -0.15) is 0 Å². The molecule has 37 heavy (non-hydrogen) atoms. The van der Waals surface area contributed by atoms with Crippen molar-refractivity contribution in [3.05, 3.63) is 124 Å². The van der Waals surface area contributed by atoms with Crippen LogP contribution in [-0.2, 0) is 9.47 Å². The van der Waals surface area contributed by atoms with Crippen LogP contribution in [0.4, 0.5) is 0 Å². The molecule has 2 aromatic heterocycles. The topological polar surface area (TPSA) is 69.0 Å². The molecule has 4 heterocycles. The smallest absolute Gasteiger partial charge is 0.236 e. The average molecular weight is 489 g/mol. The van der Waals surface area contributed by atoms with Gasteiger partial charge in [0.2, 0.25) is 11.8 Å². The van der Waals surface area contributed by atoms with Crippen LogP contribution >= 0.6 is 0 Å². The zero-order chi connectivity index (χ0) is 25.2. The van der Waals surface area contributed by atoms with Crippen LogP contribution < -0.4 is 0 Å². The van der Waals surface area contributed by atoms with Crippen LogP contribution in [0.5, 0.6) is 0 Å². The fourth-order valence-electron chi connectivity index (χ4n) is 4.91. The molecule has 6 heteroatoms. The third-order valence-corrected chi connectivity index (χ3v) is 6.67. The number of benzene rings is 1. The molecule has 3 aliphatic rings. The Bertz CT molecular complexity index is 1500. The first-order valence-corrected chi connectivity index (χ1v) is 12.6. The number of aliphatic imine (C=N–C) groups is 2. The Hall–Kier alpha value is -4.32. The Morgan fingerprint density at radius 2 is 1.38 bits per heavy atom. The highest BCUT2D eigenvalue weighted by Crippen LogP contribution is 2.37. The molecule has 0 bridgehead atoms. The molecule has 0 amide bonds. The normalized spacial score (nSPS) is 20.8. The summed E-state index contributed by atoms with van der Waals surface area (Å²) >= 11 is 0. The van der Waals surface area contributed by atoms with Crippen molar-refractivity contribution >= 4 is 17.4 Å². The summed E-state index contributed by atoms with van der Waals surface area (Å²) in [4.78, 5) is 19.1. The number of hydrogen-bond acceptors (Lipinski definition) is 6. The van der Waals surface area contributed by atoms with Gasteiger partial charge in [-0.25, -0.2) is 20.0 Å². The molecule has 184 valence electrons. The van der Waals surface area contributed by atoms with E-state index in [0.29, 0.717) is 25.0 Å². The molecule has 0 saturated heterocycles. The lowest BCUT2D eigenvalue weighted by molar-refractivity contribution is 0.319. The first-order chi connectivity index (χ1) is 18.2. The summed E-state index contributed by atoms with van der Waals surface area (Å²) in [5.41, 5.74) is 7.98. The Kier molecular flexibility index (Phi) is 6.23. The number of aromatic nitrogens is 2. The van der Waals surface area contributed by atoms with Crippen molar-refractivity contribution < 1.29 is 9.47 Å². The van der Waals surface area contributed by atoms with Crippen molar-refractivity contribution in [1.29, 1.82) is 0 Å². The molecule has 0 fully saturated rings. The van der Waals surface area contributed by atoms with Gasteiger partial charge < -0.3 is 9.47 Å². The highest BCUT2D eigenvalue weighted by Gasteiger charge is 2.30. The first kappa shape index (κ1) is 23.1. The lowest BCUT2D eigenvalue weighted by Gasteiger charge is -2.19. The second-order valence-corrected chi connectivity index (χ2v) is 9.34. The lowest BCUT2D eigenvalue weighted by Crippen LogP contribution is -2.13. The van der Waals surface area contributed by atoms with E-state index in [1.165, 1.54) is 0 Å². The van der Waals surface area contributed by atoms with Gasteiger partial charge in [0, 0.05) is 11.4 Å². The standard InChI is InChI=1S/C31H28N4O2/c1-20-10-8-16-26(32-20)30-34-28(18-36-30)24-14-5-3-4-12-22(24)23-13-6-7-15-25(23)29-19-37-31(35-29)27-17-9-11-21(2)33-27/h3-4,6-17,28-29H,5,18-19H2,1-2H3/t28-,29-/m1/s1. The quantitative estimate of drug-likeness (QED) is 0.460. The summed E-state index contributed by atoms with van der Waals surface area (Å²) in [6.07, 6.45) is 9.56. The molecule has 6 nitrogen and oxygen atoms in total. The Morgan fingerprint density at radius 3 is 2.08 bits per heavy atom. The molecular formula is C31H28N4O2. The van der Waals surface area contributed by atoms with Gasteiger partial charge in [-0.1, -0.05) is 60.7 Å².